The summed E-state index contributed by atoms with van der Waals surface area (Å²) in [5.74, 6) is -0.278. The van der Waals surface area contributed by atoms with Crippen molar-refractivity contribution in [1.29, 1.82) is 0 Å². The predicted octanol–water partition coefficient (Wildman–Crippen LogP) is 2.69. The van der Waals surface area contributed by atoms with E-state index in [4.69, 9.17) is 0 Å². The molecule has 2 aromatic rings. The molecule has 1 aromatic carbocycles. The van der Waals surface area contributed by atoms with Gasteiger partial charge in [0.2, 0.25) is 0 Å². The van der Waals surface area contributed by atoms with Crippen LogP contribution in [0.15, 0.2) is 41.4 Å². The zero-order valence-electron chi connectivity index (χ0n) is 9.19. The third kappa shape index (κ3) is 2.68. The highest BCUT2D eigenvalue weighted by molar-refractivity contribution is 9.10. The van der Waals surface area contributed by atoms with Crippen LogP contribution in [-0.2, 0) is 0 Å². The van der Waals surface area contributed by atoms with Crippen molar-refractivity contribution in [1.82, 2.24) is 15.3 Å². The molecule has 1 unspecified atom stereocenters. The Labute approximate surface area is 107 Å². The topological polar surface area (TPSA) is 37.8 Å². The molecular formula is C12H11BrFN3. The molecule has 1 atom stereocenters. The Morgan fingerprint density at radius 1 is 1.24 bits per heavy atom. The van der Waals surface area contributed by atoms with E-state index in [1.54, 1.807) is 18.5 Å². The Morgan fingerprint density at radius 2 is 1.94 bits per heavy atom. The van der Waals surface area contributed by atoms with E-state index in [1.165, 1.54) is 12.4 Å². The smallest absolute Gasteiger partial charge is 0.137 e. The summed E-state index contributed by atoms with van der Waals surface area (Å²) >= 11 is 3.14. The molecule has 0 fully saturated rings. The van der Waals surface area contributed by atoms with Crippen molar-refractivity contribution in [3.05, 3.63) is 58.3 Å². The second kappa shape index (κ2) is 5.33. The lowest BCUT2D eigenvalue weighted by Crippen LogP contribution is -2.18. The Bertz CT molecular complexity index is 504. The van der Waals surface area contributed by atoms with Crippen LogP contribution in [0.3, 0.4) is 0 Å². The van der Waals surface area contributed by atoms with Crippen molar-refractivity contribution >= 4 is 15.9 Å². The maximum atomic E-state index is 13.5. The van der Waals surface area contributed by atoms with Gasteiger partial charge in [0.1, 0.15) is 12.1 Å². The van der Waals surface area contributed by atoms with Crippen LogP contribution in [0.1, 0.15) is 17.2 Å². The fourth-order valence-corrected chi connectivity index (χ4v) is 1.92. The van der Waals surface area contributed by atoms with Crippen molar-refractivity contribution in [2.45, 2.75) is 6.04 Å². The van der Waals surface area contributed by atoms with E-state index in [0.717, 1.165) is 11.1 Å². The number of hydrogen-bond acceptors (Lipinski definition) is 3. The molecule has 3 nitrogen and oxygen atoms in total. The molecular weight excluding hydrogens is 285 g/mol. The molecule has 88 valence electrons. The Kier molecular flexibility index (Phi) is 3.81. The largest absolute Gasteiger partial charge is 0.309 e. The normalized spacial score (nSPS) is 12.4. The standard InChI is InChI=1S/C12H11BrFN3/c1-15-12(9-5-16-7-17-6-9)8-2-3-10(13)11(14)4-8/h2-7,12,15H,1H3. The molecule has 0 saturated heterocycles. The van der Waals surface area contributed by atoms with Gasteiger partial charge in [0.25, 0.3) is 0 Å². The van der Waals surface area contributed by atoms with Gasteiger partial charge in [0, 0.05) is 18.0 Å². The molecule has 0 radical (unpaired) electrons. The third-order valence-electron chi connectivity index (χ3n) is 2.48. The molecule has 0 bridgehead atoms. The summed E-state index contributed by atoms with van der Waals surface area (Å²) in [6.45, 7) is 0. The first-order chi connectivity index (χ1) is 8.22. The number of benzene rings is 1. The highest BCUT2D eigenvalue weighted by atomic mass is 79.9. The van der Waals surface area contributed by atoms with Crippen LogP contribution in [0.2, 0.25) is 0 Å². The molecule has 1 heterocycles. The van der Waals surface area contributed by atoms with Crippen LogP contribution in [0.5, 0.6) is 0 Å². The average molecular weight is 296 g/mol. The van der Waals surface area contributed by atoms with E-state index in [1.807, 2.05) is 13.1 Å². The van der Waals surface area contributed by atoms with Crippen molar-refractivity contribution in [3.63, 3.8) is 0 Å². The SMILES string of the molecule is CNC(c1cncnc1)c1ccc(Br)c(F)c1. The second-order valence-electron chi connectivity index (χ2n) is 3.57. The van der Waals surface area contributed by atoms with E-state index < -0.39 is 0 Å². The molecule has 0 aliphatic heterocycles. The van der Waals surface area contributed by atoms with E-state index in [2.05, 4.69) is 31.2 Å². The quantitative estimate of drug-likeness (QED) is 0.946. The number of aromatic nitrogens is 2. The molecule has 1 aromatic heterocycles. The molecule has 0 saturated carbocycles. The van der Waals surface area contributed by atoms with Crippen molar-refractivity contribution in [3.8, 4) is 0 Å². The number of hydrogen-bond donors (Lipinski definition) is 1. The summed E-state index contributed by atoms with van der Waals surface area (Å²) in [5.41, 5.74) is 1.74. The van der Waals surface area contributed by atoms with E-state index in [-0.39, 0.29) is 11.9 Å². The van der Waals surface area contributed by atoms with Crippen LogP contribution in [0.4, 0.5) is 4.39 Å². The van der Waals surface area contributed by atoms with Crippen LogP contribution >= 0.6 is 15.9 Å². The number of rotatable bonds is 3. The maximum absolute atomic E-state index is 13.5. The highest BCUT2D eigenvalue weighted by Crippen LogP contribution is 2.24. The van der Waals surface area contributed by atoms with Gasteiger partial charge in [-0.25, -0.2) is 14.4 Å². The molecule has 17 heavy (non-hydrogen) atoms. The Morgan fingerprint density at radius 3 is 2.53 bits per heavy atom. The molecule has 1 N–H and O–H groups in total. The summed E-state index contributed by atoms with van der Waals surface area (Å²) in [7, 11) is 1.82. The van der Waals surface area contributed by atoms with Gasteiger partial charge in [0.15, 0.2) is 0 Å². The number of halogens is 2. The van der Waals surface area contributed by atoms with Crippen molar-refractivity contribution in [2.75, 3.05) is 7.05 Å². The Balaban J connectivity index is 2.39. The van der Waals surface area contributed by atoms with Crippen LogP contribution in [-0.4, -0.2) is 17.0 Å². The second-order valence-corrected chi connectivity index (χ2v) is 4.42. The van der Waals surface area contributed by atoms with Crippen LogP contribution in [0.25, 0.3) is 0 Å². The highest BCUT2D eigenvalue weighted by Gasteiger charge is 2.13. The Hall–Kier alpha value is -1.33. The molecule has 0 spiro atoms. The monoisotopic (exact) mass is 295 g/mol. The maximum Gasteiger partial charge on any atom is 0.137 e. The van der Waals surface area contributed by atoms with Gasteiger partial charge in [-0.05, 0) is 40.7 Å². The fourth-order valence-electron chi connectivity index (χ4n) is 1.68. The van der Waals surface area contributed by atoms with E-state index in [0.29, 0.717) is 4.47 Å². The zero-order chi connectivity index (χ0) is 12.3. The lowest BCUT2D eigenvalue weighted by molar-refractivity contribution is 0.610. The van der Waals surface area contributed by atoms with Gasteiger partial charge in [-0.1, -0.05) is 6.07 Å². The van der Waals surface area contributed by atoms with Gasteiger partial charge in [0.05, 0.1) is 10.5 Å². The predicted molar refractivity (Wildman–Crippen MR) is 67.0 cm³/mol. The minimum Gasteiger partial charge on any atom is -0.309 e. The lowest BCUT2D eigenvalue weighted by Gasteiger charge is -2.16. The summed E-state index contributed by atoms with van der Waals surface area (Å²) in [4.78, 5) is 7.93. The summed E-state index contributed by atoms with van der Waals surface area (Å²) in [5, 5.41) is 3.12. The molecule has 0 amide bonds. The van der Waals surface area contributed by atoms with E-state index >= 15 is 0 Å². The van der Waals surface area contributed by atoms with Crippen molar-refractivity contribution in [2.24, 2.45) is 0 Å². The third-order valence-corrected chi connectivity index (χ3v) is 3.12. The summed E-state index contributed by atoms with van der Waals surface area (Å²) in [6.07, 6.45) is 4.90. The molecule has 0 aliphatic rings. The fraction of sp³-hybridized carbons (Fsp3) is 0.167. The van der Waals surface area contributed by atoms with E-state index in [9.17, 15) is 4.39 Å². The molecule has 5 heteroatoms. The first kappa shape index (κ1) is 12.1. The van der Waals surface area contributed by atoms with Crippen LogP contribution < -0.4 is 5.32 Å². The van der Waals surface area contributed by atoms with Gasteiger partial charge < -0.3 is 5.32 Å². The minimum absolute atomic E-state index is 0.112. The van der Waals surface area contributed by atoms with Crippen molar-refractivity contribution < 1.29 is 4.39 Å². The first-order valence-corrected chi connectivity index (χ1v) is 5.89. The number of nitrogens with one attached hydrogen (secondary N) is 1. The zero-order valence-corrected chi connectivity index (χ0v) is 10.8. The summed E-state index contributed by atoms with van der Waals surface area (Å²) < 4.78 is 13.9. The van der Waals surface area contributed by atoms with Gasteiger partial charge in [-0.3, -0.25) is 0 Å². The number of nitrogens with zero attached hydrogens (tertiary/aromatic N) is 2. The van der Waals surface area contributed by atoms with Gasteiger partial charge in [-0.2, -0.15) is 0 Å². The summed E-state index contributed by atoms with van der Waals surface area (Å²) in [6, 6.07) is 4.94. The lowest BCUT2D eigenvalue weighted by atomic mass is 10.0. The molecule has 2 rings (SSSR count). The first-order valence-electron chi connectivity index (χ1n) is 5.09. The molecule has 0 aliphatic carbocycles. The van der Waals surface area contributed by atoms with Crippen LogP contribution in [0, 0.1) is 5.82 Å². The van der Waals surface area contributed by atoms with Gasteiger partial charge >= 0.3 is 0 Å². The van der Waals surface area contributed by atoms with Gasteiger partial charge in [-0.15, -0.1) is 0 Å². The minimum atomic E-state index is -0.278. The average Bonchev–Trinajstić information content (AvgIpc) is 2.36.